The first-order chi connectivity index (χ1) is 20.3. The minimum Gasteiger partial charge on any atom is -0.491 e. The number of esters is 4. The monoisotopic (exact) mass is 604 g/mol. The van der Waals surface area contributed by atoms with Crippen molar-refractivity contribution in [2.45, 2.75) is 85.3 Å². The van der Waals surface area contributed by atoms with Crippen molar-refractivity contribution in [1.82, 2.24) is 0 Å². The average molecular weight is 605 g/mol. The number of carbonyl (C=O) groups is 4. The van der Waals surface area contributed by atoms with Gasteiger partial charge in [-0.3, -0.25) is 19.2 Å². The van der Waals surface area contributed by atoms with E-state index in [1.54, 1.807) is 6.07 Å². The van der Waals surface area contributed by atoms with E-state index in [9.17, 15) is 24.0 Å². The molecule has 0 unspecified atom stereocenters. The Morgan fingerprint density at radius 3 is 2.09 bits per heavy atom. The van der Waals surface area contributed by atoms with Gasteiger partial charge in [0.2, 0.25) is 12.4 Å². The molecule has 2 heterocycles. The molecule has 0 bridgehead atoms. The third-order valence-corrected chi connectivity index (χ3v) is 5.60. The third-order valence-electron chi connectivity index (χ3n) is 5.60. The van der Waals surface area contributed by atoms with Crippen molar-refractivity contribution in [2.75, 3.05) is 6.61 Å². The maximum atomic E-state index is 13.0. The van der Waals surface area contributed by atoms with E-state index in [4.69, 9.17) is 42.3 Å². The molecule has 14 heteroatoms. The summed E-state index contributed by atoms with van der Waals surface area (Å²) in [4.78, 5) is 61.0. The van der Waals surface area contributed by atoms with Crippen molar-refractivity contribution in [1.29, 1.82) is 0 Å². The van der Waals surface area contributed by atoms with Crippen LogP contribution in [0.1, 0.15) is 48.5 Å². The van der Waals surface area contributed by atoms with Gasteiger partial charge >= 0.3 is 29.5 Å². The molecule has 1 saturated heterocycles. The maximum Gasteiger partial charge on any atom is 0.384 e. The summed E-state index contributed by atoms with van der Waals surface area (Å²) in [6.45, 7) is 9.05. The van der Waals surface area contributed by atoms with Crippen LogP contribution in [-0.2, 0) is 42.9 Å². The van der Waals surface area contributed by atoms with Crippen molar-refractivity contribution in [3.8, 4) is 29.3 Å². The fourth-order valence-electron chi connectivity index (χ4n) is 4.19. The topological polar surface area (TPSA) is 172 Å². The second-order valence-electron chi connectivity index (χ2n) is 9.51. The van der Waals surface area contributed by atoms with E-state index in [2.05, 4.69) is 12.0 Å². The number of rotatable bonds is 10. The lowest BCUT2D eigenvalue weighted by molar-refractivity contribution is -0.288. The smallest absolute Gasteiger partial charge is 0.384 e. The zero-order chi connectivity index (χ0) is 31.8. The lowest BCUT2D eigenvalue weighted by Crippen LogP contribution is -2.63. The fourth-order valence-corrected chi connectivity index (χ4v) is 4.19. The number of ether oxygens (including phenoxy) is 8. The molecule has 1 aliphatic rings. The first kappa shape index (κ1) is 32.7. The van der Waals surface area contributed by atoms with Crippen LogP contribution in [0.3, 0.4) is 0 Å². The largest absolute Gasteiger partial charge is 0.491 e. The highest BCUT2D eigenvalue weighted by molar-refractivity contribution is 5.87. The Kier molecular flexibility index (Phi) is 11.0. The van der Waals surface area contributed by atoms with Gasteiger partial charge in [0, 0.05) is 40.7 Å². The molecule has 1 fully saturated rings. The molecule has 0 aliphatic carbocycles. The summed E-state index contributed by atoms with van der Waals surface area (Å²) >= 11 is 0. The Bertz CT molecular complexity index is 1480. The van der Waals surface area contributed by atoms with Crippen molar-refractivity contribution in [3.63, 3.8) is 0 Å². The van der Waals surface area contributed by atoms with Crippen LogP contribution in [0.2, 0.25) is 0 Å². The first-order valence-electron chi connectivity index (χ1n) is 13.1. The number of benzene rings is 1. The number of fused-ring (bicyclic) bond motifs is 1. The van der Waals surface area contributed by atoms with Crippen molar-refractivity contribution >= 4 is 34.8 Å². The Morgan fingerprint density at radius 1 is 0.884 bits per heavy atom. The number of hydrogen-bond donors (Lipinski definition) is 0. The molecule has 0 radical (unpaired) electrons. The van der Waals surface area contributed by atoms with Gasteiger partial charge in [0.25, 0.3) is 5.75 Å². The summed E-state index contributed by atoms with van der Waals surface area (Å²) in [5.74, 6) is -0.944. The minimum absolute atomic E-state index is 0.0422. The summed E-state index contributed by atoms with van der Waals surface area (Å²) in [5, 5.41) is 0.205. The standard InChI is InChI=1S/C29H32O14/c1-8-11-35-26-23(20-10-9-19(37-14(2)3)12-21(20)41-28(26)34)43-29-27(40-18(7)33)25(39-17(6)32)24(38-16(5)31)22(42-29)13-36-15(4)30/h9-10,12,14,22,24-25,27,29H,13H2,1-7H3/t22-,24-,25+,27-,29+/m1/s1. The Balaban J connectivity index is 2.21. The van der Waals surface area contributed by atoms with Crippen LogP contribution in [0.4, 0.5) is 0 Å². The van der Waals surface area contributed by atoms with E-state index in [1.807, 2.05) is 13.8 Å². The molecule has 3 rings (SSSR count). The quantitative estimate of drug-likeness (QED) is 0.167. The van der Waals surface area contributed by atoms with Gasteiger partial charge in [-0.05, 0) is 26.0 Å². The Labute approximate surface area is 246 Å². The third kappa shape index (κ3) is 8.62. The van der Waals surface area contributed by atoms with Gasteiger partial charge in [0.05, 0.1) is 11.5 Å². The van der Waals surface area contributed by atoms with Gasteiger partial charge in [0.15, 0.2) is 18.0 Å². The molecule has 0 saturated carbocycles. The molecular weight excluding hydrogens is 572 g/mol. The predicted molar refractivity (Wildman–Crippen MR) is 145 cm³/mol. The summed E-state index contributed by atoms with van der Waals surface area (Å²) < 4.78 is 50.0. The molecule has 0 N–H and O–H groups in total. The molecule has 1 aromatic heterocycles. The highest BCUT2D eigenvalue weighted by Gasteiger charge is 2.53. The van der Waals surface area contributed by atoms with Crippen LogP contribution in [0.25, 0.3) is 11.0 Å². The zero-order valence-corrected chi connectivity index (χ0v) is 24.6. The maximum absolute atomic E-state index is 13.0. The summed E-state index contributed by atoms with van der Waals surface area (Å²) in [5.41, 5.74) is -0.932. The van der Waals surface area contributed by atoms with Crippen LogP contribution in [0.5, 0.6) is 17.2 Å². The van der Waals surface area contributed by atoms with E-state index in [0.29, 0.717) is 5.75 Å². The molecule has 2 aromatic rings. The van der Waals surface area contributed by atoms with Crippen LogP contribution in [-0.4, -0.2) is 67.3 Å². The van der Waals surface area contributed by atoms with Crippen LogP contribution < -0.4 is 19.8 Å². The van der Waals surface area contributed by atoms with E-state index < -0.39 is 72.6 Å². The SMILES string of the molecule is CC#COc1c(O[C@@H]2O[C@H](COC(C)=O)[C@@H](OC(C)=O)[C@H](OC(C)=O)[C@H]2OC(C)=O)c2ccc(OC(C)C)cc2oc1=O. The van der Waals surface area contributed by atoms with Gasteiger partial charge in [0.1, 0.15) is 30.1 Å². The molecule has 5 atom stereocenters. The van der Waals surface area contributed by atoms with Crippen molar-refractivity contribution in [2.24, 2.45) is 0 Å². The van der Waals surface area contributed by atoms with Gasteiger partial charge in [-0.15, -0.1) is 0 Å². The second kappa shape index (κ2) is 14.4. The van der Waals surface area contributed by atoms with Gasteiger partial charge in [-0.2, -0.15) is 0 Å². The van der Waals surface area contributed by atoms with Crippen molar-refractivity contribution in [3.05, 3.63) is 28.6 Å². The van der Waals surface area contributed by atoms with Crippen LogP contribution in [0.15, 0.2) is 27.4 Å². The Hall–Kier alpha value is -4.77. The van der Waals surface area contributed by atoms with E-state index in [0.717, 1.165) is 27.7 Å². The average Bonchev–Trinajstić information content (AvgIpc) is 2.89. The number of carbonyl (C=O) groups excluding carboxylic acids is 4. The molecule has 0 amide bonds. The Morgan fingerprint density at radius 2 is 1.51 bits per heavy atom. The molecule has 43 heavy (non-hydrogen) atoms. The van der Waals surface area contributed by atoms with Gasteiger partial charge < -0.3 is 42.3 Å². The van der Waals surface area contributed by atoms with E-state index >= 15 is 0 Å². The molecule has 14 nitrogen and oxygen atoms in total. The normalized spacial score (nSPS) is 21.2. The fraction of sp³-hybridized carbons (Fsp3) is 0.483. The second-order valence-corrected chi connectivity index (χ2v) is 9.51. The van der Waals surface area contributed by atoms with Crippen LogP contribution in [0, 0.1) is 12.0 Å². The van der Waals surface area contributed by atoms with Crippen molar-refractivity contribution < 1.29 is 61.5 Å². The molecule has 0 spiro atoms. The van der Waals surface area contributed by atoms with E-state index in [1.165, 1.54) is 19.1 Å². The molecular formula is C29H32O14. The number of hydrogen-bond acceptors (Lipinski definition) is 14. The van der Waals surface area contributed by atoms with Gasteiger partial charge in [-0.1, -0.05) is 5.92 Å². The first-order valence-corrected chi connectivity index (χ1v) is 13.1. The predicted octanol–water partition coefficient (Wildman–Crippen LogP) is 2.40. The lowest BCUT2D eigenvalue weighted by atomic mass is 9.98. The van der Waals surface area contributed by atoms with Gasteiger partial charge in [-0.25, -0.2) is 4.79 Å². The molecule has 1 aliphatic heterocycles. The summed E-state index contributed by atoms with van der Waals surface area (Å²) in [7, 11) is 0. The summed E-state index contributed by atoms with van der Waals surface area (Å²) in [6, 6.07) is 4.59. The van der Waals surface area contributed by atoms with E-state index in [-0.39, 0.29) is 22.8 Å². The zero-order valence-electron chi connectivity index (χ0n) is 24.6. The molecule has 232 valence electrons. The summed E-state index contributed by atoms with van der Waals surface area (Å²) in [6.07, 6.45) is -5.26. The lowest BCUT2D eigenvalue weighted by Gasteiger charge is -2.43. The minimum atomic E-state index is -1.64. The highest BCUT2D eigenvalue weighted by Crippen LogP contribution is 2.38. The highest BCUT2D eigenvalue weighted by atomic mass is 16.7. The van der Waals surface area contributed by atoms with Crippen LogP contribution >= 0.6 is 0 Å². The molecule has 1 aromatic carbocycles.